The Labute approximate surface area is 118 Å². The Morgan fingerprint density at radius 1 is 1.40 bits per heavy atom. The van der Waals surface area contributed by atoms with E-state index in [9.17, 15) is 4.79 Å². The predicted octanol–water partition coefficient (Wildman–Crippen LogP) is 3.48. The number of hydrogen-bond acceptors (Lipinski definition) is 3. The second-order valence-corrected chi connectivity index (χ2v) is 4.38. The van der Waals surface area contributed by atoms with E-state index in [1.54, 1.807) is 29.4 Å². The van der Waals surface area contributed by atoms with Crippen LogP contribution in [0.15, 0.2) is 41.5 Å². The molecule has 0 bridgehead atoms. The molecule has 0 fully saturated rings. The third-order valence-corrected chi connectivity index (χ3v) is 3.19. The summed E-state index contributed by atoms with van der Waals surface area (Å²) < 4.78 is 11.0. The minimum absolute atomic E-state index is 0.0169. The third kappa shape index (κ3) is 2.69. The second-order valence-electron chi connectivity index (χ2n) is 4.38. The van der Waals surface area contributed by atoms with Gasteiger partial charge in [-0.05, 0) is 32.0 Å². The van der Waals surface area contributed by atoms with Gasteiger partial charge in [0.15, 0.2) is 0 Å². The zero-order valence-electron chi connectivity index (χ0n) is 11.9. The maximum atomic E-state index is 12.4. The van der Waals surface area contributed by atoms with Gasteiger partial charge in [0.2, 0.25) is 0 Å². The molecule has 0 unspecified atom stereocenters. The molecule has 4 heteroatoms. The molecule has 0 N–H and O–H groups in total. The molecule has 0 saturated carbocycles. The highest BCUT2D eigenvalue weighted by Gasteiger charge is 2.16. The lowest BCUT2D eigenvalue weighted by Gasteiger charge is -2.19. The van der Waals surface area contributed by atoms with Crippen LogP contribution in [0, 0.1) is 0 Å². The fourth-order valence-electron chi connectivity index (χ4n) is 2.12. The molecule has 0 aliphatic heterocycles. The van der Waals surface area contributed by atoms with Gasteiger partial charge in [-0.3, -0.25) is 4.79 Å². The Morgan fingerprint density at radius 2 is 2.15 bits per heavy atom. The standard InChI is InChI=1S/C16H19NO3/c1-4-8-19-14-10-12(16(18)17(5-2)6-3)11-15-13(14)7-9-20-15/h4,7,9-11H,1,5-6,8H2,2-3H3. The van der Waals surface area contributed by atoms with Gasteiger partial charge in [-0.25, -0.2) is 0 Å². The summed E-state index contributed by atoms with van der Waals surface area (Å²) in [5, 5.41) is 0.864. The summed E-state index contributed by atoms with van der Waals surface area (Å²) in [6.45, 7) is 9.29. The van der Waals surface area contributed by atoms with Crippen LogP contribution in [0.4, 0.5) is 0 Å². The Bertz CT molecular complexity index is 611. The Morgan fingerprint density at radius 3 is 2.80 bits per heavy atom. The number of hydrogen-bond donors (Lipinski definition) is 0. The maximum Gasteiger partial charge on any atom is 0.254 e. The number of carbonyl (C=O) groups excluding carboxylic acids is 1. The van der Waals surface area contributed by atoms with Crippen LogP contribution in [0.25, 0.3) is 11.0 Å². The molecule has 0 radical (unpaired) electrons. The van der Waals surface area contributed by atoms with E-state index in [0.717, 1.165) is 5.39 Å². The van der Waals surface area contributed by atoms with Gasteiger partial charge in [0.25, 0.3) is 5.91 Å². The zero-order chi connectivity index (χ0) is 14.5. The predicted molar refractivity (Wildman–Crippen MR) is 79.2 cm³/mol. The summed E-state index contributed by atoms with van der Waals surface area (Å²) in [6.07, 6.45) is 3.27. The number of ether oxygens (including phenoxy) is 1. The smallest absolute Gasteiger partial charge is 0.254 e. The quantitative estimate of drug-likeness (QED) is 0.757. The van der Waals surface area contributed by atoms with E-state index in [2.05, 4.69) is 6.58 Å². The highest BCUT2D eigenvalue weighted by atomic mass is 16.5. The summed E-state index contributed by atoms with van der Waals surface area (Å²) >= 11 is 0. The van der Waals surface area contributed by atoms with Gasteiger partial charge in [-0.15, -0.1) is 0 Å². The van der Waals surface area contributed by atoms with Crippen molar-refractivity contribution in [2.24, 2.45) is 0 Å². The second kappa shape index (κ2) is 6.28. The first kappa shape index (κ1) is 14.2. The number of rotatable bonds is 6. The van der Waals surface area contributed by atoms with Crippen molar-refractivity contribution < 1.29 is 13.9 Å². The molecule has 106 valence electrons. The molecular formula is C16H19NO3. The molecule has 0 aliphatic carbocycles. The van der Waals surface area contributed by atoms with E-state index in [0.29, 0.717) is 36.6 Å². The SMILES string of the molecule is C=CCOc1cc(C(=O)N(CC)CC)cc2occc12. The van der Waals surface area contributed by atoms with Gasteiger partial charge >= 0.3 is 0 Å². The van der Waals surface area contributed by atoms with Crippen molar-refractivity contribution in [3.8, 4) is 5.75 Å². The third-order valence-electron chi connectivity index (χ3n) is 3.19. The molecule has 0 saturated heterocycles. The average Bonchev–Trinajstić information content (AvgIpc) is 2.94. The van der Waals surface area contributed by atoms with Gasteiger partial charge in [0.1, 0.15) is 17.9 Å². The minimum atomic E-state index is -0.0169. The normalized spacial score (nSPS) is 10.5. The van der Waals surface area contributed by atoms with Crippen LogP contribution in [0.5, 0.6) is 5.75 Å². The highest BCUT2D eigenvalue weighted by molar-refractivity contribution is 5.99. The van der Waals surface area contributed by atoms with Crippen LogP contribution >= 0.6 is 0 Å². The molecule has 0 aliphatic rings. The van der Waals surface area contributed by atoms with E-state index in [-0.39, 0.29) is 5.91 Å². The fraction of sp³-hybridized carbons (Fsp3) is 0.312. The van der Waals surface area contributed by atoms with E-state index >= 15 is 0 Å². The van der Waals surface area contributed by atoms with E-state index in [1.807, 2.05) is 19.9 Å². The van der Waals surface area contributed by atoms with Crippen LogP contribution in [-0.2, 0) is 0 Å². The fourth-order valence-corrected chi connectivity index (χ4v) is 2.12. The summed E-state index contributed by atoms with van der Waals surface area (Å²) in [5.41, 5.74) is 1.23. The number of furan rings is 1. The molecular weight excluding hydrogens is 254 g/mol. The van der Waals surface area contributed by atoms with Gasteiger partial charge in [0.05, 0.1) is 11.6 Å². The van der Waals surface area contributed by atoms with Crippen molar-refractivity contribution in [1.82, 2.24) is 4.90 Å². The van der Waals surface area contributed by atoms with Crippen LogP contribution in [0.2, 0.25) is 0 Å². The van der Waals surface area contributed by atoms with Crippen LogP contribution in [0.1, 0.15) is 24.2 Å². The molecule has 1 aromatic heterocycles. The lowest BCUT2D eigenvalue weighted by molar-refractivity contribution is 0.0772. The van der Waals surface area contributed by atoms with Crippen molar-refractivity contribution in [1.29, 1.82) is 0 Å². The van der Waals surface area contributed by atoms with Crippen molar-refractivity contribution in [3.05, 3.63) is 42.7 Å². The first-order chi connectivity index (χ1) is 9.71. The summed E-state index contributed by atoms with van der Waals surface area (Å²) in [7, 11) is 0. The summed E-state index contributed by atoms with van der Waals surface area (Å²) in [6, 6.07) is 5.36. The van der Waals surface area contributed by atoms with Gasteiger partial charge in [-0.2, -0.15) is 0 Å². The van der Waals surface area contributed by atoms with Gasteiger partial charge < -0.3 is 14.1 Å². The lowest BCUT2D eigenvalue weighted by atomic mass is 10.1. The van der Waals surface area contributed by atoms with Crippen molar-refractivity contribution >= 4 is 16.9 Å². The molecule has 4 nitrogen and oxygen atoms in total. The monoisotopic (exact) mass is 273 g/mol. The number of amides is 1. The minimum Gasteiger partial charge on any atom is -0.489 e. The average molecular weight is 273 g/mol. The molecule has 1 heterocycles. The highest BCUT2D eigenvalue weighted by Crippen LogP contribution is 2.29. The molecule has 20 heavy (non-hydrogen) atoms. The summed E-state index contributed by atoms with van der Waals surface area (Å²) in [5.74, 6) is 0.628. The van der Waals surface area contributed by atoms with E-state index < -0.39 is 0 Å². The molecule has 0 spiro atoms. The lowest BCUT2D eigenvalue weighted by Crippen LogP contribution is -2.30. The van der Waals surface area contributed by atoms with E-state index in [1.165, 1.54) is 0 Å². The molecule has 2 aromatic rings. The van der Waals surface area contributed by atoms with Crippen molar-refractivity contribution in [3.63, 3.8) is 0 Å². The van der Waals surface area contributed by atoms with Crippen LogP contribution in [0.3, 0.4) is 0 Å². The van der Waals surface area contributed by atoms with Gasteiger partial charge in [0, 0.05) is 18.7 Å². The number of carbonyl (C=O) groups is 1. The van der Waals surface area contributed by atoms with E-state index in [4.69, 9.17) is 9.15 Å². The largest absolute Gasteiger partial charge is 0.489 e. The molecule has 1 amide bonds. The number of fused-ring (bicyclic) bond motifs is 1. The van der Waals surface area contributed by atoms with Crippen molar-refractivity contribution in [2.75, 3.05) is 19.7 Å². The summed E-state index contributed by atoms with van der Waals surface area (Å²) in [4.78, 5) is 14.2. The van der Waals surface area contributed by atoms with Crippen LogP contribution < -0.4 is 4.74 Å². The Hall–Kier alpha value is -2.23. The first-order valence-corrected chi connectivity index (χ1v) is 6.75. The molecule has 1 aromatic carbocycles. The number of benzene rings is 1. The van der Waals surface area contributed by atoms with Gasteiger partial charge in [-0.1, -0.05) is 12.7 Å². The number of nitrogens with zero attached hydrogens (tertiary/aromatic N) is 1. The van der Waals surface area contributed by atoms with Crippen LogP contribution in [-0.4, -0.2) is 30.5 Å². The topological polar surface area (TPSA) is 42.7 Å². The maximum absolute atomic E-state index is 12.4. The zero-order valence-corrected chi connectivity index (χ0v) is 11.9. The molecule has 2 rings (SSSR count). The van der Waals surface area contributed by atoms with Crippen molar-refractivity contribution in [2.45, 2.75) is 13.8 Å². The Balaban J connectivity index is 2.43. The molecule has 0 atom stereocenters. The first-order valence-electron chi connectivity index (χ1n) is 6.75. The Kier molecular flexibility index (Phi) is 4.45.